The molecule has 0 heterocycles. The molecule has 0 fully saturated rings. The first-order valence-electron chi connectivity index (χ1n) is 7.18. The first-order chi connectivity index (χ1) is 10.6. The predicted octanol–water partition coefficient (Wildman–Crippen LogP) is 4.35. The number of hydrogen-bond acceptors (Lipinski definition) is 3. The van der Waals surface area contributed by atoms with E-state index in [0.717, 1.165) is 22.0 Å². The minimum absolute atomic E-state index is 0.203. The van der Waals surface area contributed by atoms with Crippen LogP contribution in [0.2, 0.25) is 0 Å². The molecule has 0 saturated heterocycles. The van der Waals surface area contributed by atoms with Crippen LogP contribution in [0.4, 0.5) is 5.69 Å². The van der Waals surface area contributed by atoms with Crippen LogP contribution in [0.3, 0.4) is 0 Å². The van der Waals surface area contributed by atoms with Crippen LogP contribution in [0.1, 0.15) is 24.2 Å². The lowest BCUT2D eigenvalue weighted by Crippen LogP contribution is -1.89. The van der Waals surface area contributed by atoms with Crippen LogP contribution < -0.4 is 0 Å². The van der Waals surface area contributed by atoms with E-state index in [4.69, 9.17) is 0 Å². The summed E-state index contributed by atoms with van der Waals surface area (Å²) in [6.45, 7) is 1.72. The zero-order valence-corrected chi connectivity index (χ0v) is 12.3. The number of aliphatic hydroxyl groups is 1. The number of aliphatic hydroxyl groups excluding tert-OH is 1. The first kappa shape index (κ1) is 14.3. The lowest BCUT2D eigenvalue weighted by molar-refractivity contribution is 0.199. The summed E-state index contributed by atoms with van der Waals surface area (Å²) in [5, 5.41) is 21.7. The zero-order valence-electron chi connectivity index (χ0n) is 12.3. The predicted molar refractivity (Wildman–Crippen MR) is 89.9 cm³/mol. The smallest absolute Gasteiger partial charge is 0.124 e. The van der Waals surface area contributed by atoms with E-state index in [9.17, 15) is 10.2 Å². The van der Waals surface area contributed by atoms with E-state index < -0.39 is 6.10 Å². The van der Waals surface area contributed by atoms with Crippen LogP contribution in [0.25, 0.3) is 10.8 Å². The number of fused-ring (bicyclic) bond motifs is 1. The van der Waals surface area contributed by atoms with Gasteiger partial charge in [-0.15, -0.1) is 0 Å². The average molecular weight is 291 g/mol. The van der Waals surface area contributed by atoms with Gasteiger partial charge in [0.2, 0.25) is 0 Å². The van der Waals surface area contributed by atoms with E-state index >= 15 is 0 Å². The van der Waals surface area contributed by atoms with Crippen molar-refractivity contribution in [1.29, 1.82) is 0 Å². The highest BCUT2D eigenvalue weighted by Gasteiger charge is 2.05. The normalized spacial score (nSPS) is 12.8. The monoisotopic (exact) mass is 291 g/mol. The fourth-order valence-electron chi connectivity index (χ4n) is 2.42. The maximum absolute atomic E-state index is 10.1. The molecule has 3 nitrogen and oxygen atoms in total. The Hall–Kier alpha value is -2.65. The molecule has 0 aliphatic carbocycles. The van der Waals surface area contributed by atoms with Gasteiger partial charge in [0.05, 0.1) is 11.8 Å². The summed E-state index contributed by atoms with van der Waals surface area (Å²) >= 11 is 0. The fraction of sp³-hybridized carbons (Fsp3) is 0.105. The van der Waals surface area contributed by atoms with Crippen molar-refractivity contribution in [2.24, 2.45) is 4.99 Å². The molecule has 22 heavy (non-hydrogen) atoms. The summed E-state index contributed by atoms with van der Waals surface area (Å²) in [5.41, 5.74) is 2.25. The highest BCUT2D eigenvalue weighted by molar-refractivity contribution is 6.02. The summed E-state index contributed by atoms with van der Waals surface area (Å²) < 4.78 is 0. The maximum Gasteiger partial charge on any atom is 0.124 e. The number of aliphatic imine (C=N–C) groups is 1. The molecule has 3 heteroatoms. The van der Waals surface area contributed by atoms with Gasteiger partial charge in [0.1, 0.15) is 5.75 Å². The van der Waals surface area contributed by atoms with Crippen LogP contribution >= 0.6 is 0 Å². The molecule has 3 rings (SSSR count). The lowest BCUT2D eigenvalue weighted by Gasteiger charge is -2.06. The Morgan fingerprint density at radius 2 is 1.82 bits per heavy atom. The summed E-state index contributed by atoms with van der Waals surface area (Å²) in [6.07, 6.45) is 1.14. The molecule has 1 atom stereocenters. The molecule has 110 valence electrons. The van der Waals surface area contributed by atoms with Crippen LogP contribution in [-0.2, 0) is 0 Å². The Bertz CT molecular complexity index is 838. The SMILES string of the molecule is C[C@@H](O)c1cccc(N=Cc2c(O)ccc3ccccc23)c1. The van der Waals surface area contributed by atoms with Gasteiger partial charge in [0.25, 0.3) is 0 Å². The molecule has 0 saturated carbocycles. The van der Waals surface area contributed by atoms with Crippen molar-refractivity contribution in [2.75, 3.05) is 0 Å². The zero-order chi connectivity index (χ0) is 15.5. The molecule has 0 aromatic heterocycles. The molecular formula is C19H17NO2. The van der Waals surface area contributed by atoms with Crippen LogP contribution in [0, 0.1) is 0 Å². The minimum atomic E-state index is -0.527. The maximum atomic E-state index is 10.1. The number of rotatable bonds is 3. The number of hydrogen-bond donors (Lipinski definition) is 2. The van der Waals surface area contributed by atoms with Crippen molar-refractivity contribution in [3.63, 3.8) is 0 Å². The van der Waals surface area contributed by atoms with Crippen molar-refractivity contribution < 1.29 is 10.2 Å². The van der Waals surface area contributed by atoms with Crippen LogP contribution in [0.15, 0.2) is 65.7 Å². The second-order valence-electron chi connectivity index (χ2n) is 5.25. The summed E-state index contributed by atoms with van der Waals surface area (Å²) in [7, 11) is 0. The Labute approximate surface area is 129 Å². The van der Waals surface area contributed by atoms with Crippen molar-refractivity contribution in [3.05, 3.63) is 71.8 Å². The van der Waals surface area contributed by atoms with Gasteiger partial charge >= 0.3 is 0 Å². The molecule has 0 aliphatic heterocycles. The molecule has 0 aliphatic rings. The second-order valence-corrected chi connectivity index (χ2v) is 5.25. The molecule has 0 unspecified atom stereocenters. The number of nitrogens with zero attached hydrogens (tertiary/aromatic N) is 1. The topological polar surface area (TPSA) is 52.8 Å². The fourth-order valence-corrected chi connectivity index (χ4v) is 2.42. The third-order valence-electron chi connectivity index (χ3n) is 3.64. The Kier molecular flexibility index (Phi) is 3.90. The first-order valence-corrected chi connectivity index (χ1v) is 7.18. The van der Waals surface area contributed by atoms with E-state index in [0.29, 0.717) is 5.56 Å². The summed E-state index contributed by atoms with van der Waals surface area (Å²) in [6, 6.07) is 18.8. The van der Waals surface area contributed by atoms with Gasteiger partial charge in [0, 0.05) is 11.8 Å². The van der Waals surface area contributed by atoms with Gasteiger partial charge < -0.3 is 10.2 Å². The summed E-state index contributed by atoms with van der Waals surface area (Å²) in [5.74, 6) is 0.203. The number of benzene rings is 3. The van der Waals surface area contributed by atoms with Gasteiger partial charge in [-0.25, -0.2) is 0 Å². The lowest BCUT2D eigenvalue weighted by atomic mass is 10.0. The average Bonchev–Trinajstić information content (AvgIpc) is 2.54. The summed E-state index contributed by atoms with van der Waals surface area (Å²) in [4.78, 5) is 4.43. The van der Waals surface area contributed by atoms with Crippen molar-refractivity contribution in [3.8, 4) is 5.75 Å². The van der Waals surface area contributed by atoms with E-state index in [1.54, 1.807) is 19.2 Å². The highest BCUT2D eigenvalue weighted by Crippen LogP contribution is 2.26. The molecular weight excluding hydrogens is 274 g/mol. The molecule has 0 spiro atoms. The standard InChI is InChI=1S/C19H17NO2/c1-13(21)15-6-4-7-16(11-15)20-12-18-17-8-3-2-5-14(17)9-10-19(18)22/h2-13,21-22H,1H3/t13-/m1/s1. The largest absolute Gasteiger partial charge is 0.507 e. The number of phenols is 1. The molecule has 0 amide bonds. The Balaban J connectivity index is 2.03. The van der Waals surface area contributed by atoms with Crippen molar-refractivity contribution in [2.45, 2.75) is 13.0 Å². The second kappa shape index (κ2) is 6.00. The van der Waals surface area contributed by atoms with E-state index in [1.807, 2.05) is 54.6 Å². The van der Waals surface area contributed by atoms with Crippen molar-refractivity contribution >= 4 is 22.7 Å². The molecule has 2 N–H and O–H groups in total. The Morgan fingerprint density at radius 3 is 2.64 bits per heavy atom. The van der Waals surface area contributed by atoms with Gasteiger partial charge in [0.15, 0.2) is 0 Å². The minimum Gasteiger partial charge on any atom is -0.507 e. The molecule has 0 radical (unpaired) electrons. The molecule has 3 aromatic rings. The molecule has 0 bridgehead atoms. The quantitative estimate of drug-likeness (QED) is 0.705. The Morgan fingerprint density at radius 1 is 1.00 bits per heavy atom. The van der Waals surface area contributed by atoms with Gasteiger partial charge in [-0.1, -0.05) is 42.5 Å². The van der Waals surface area contributed by atoms with Gasteiger partial charge in [-0.3, -0.25) is 4.99 Å². The third-order valence-corrected chi connectivity index (χ3v) is 3.64. The third kappa shape index (κ3) is 2.85. The van der Waals surface area contributed by atoms with E-state index in [-0.39, 0.29) is 5.75 Å². The van der Waals surface area contributed by atoms with Crippen molar-refractivity contribution in [1.82, 2.24) is 0 Å². The molecule has 3 aromatic carbocycles. The van der Waals surface area contributed by atoms with E-state index in [2.05, 4.69) is 4.99 Å². The van der Waals surface area contributed by atoms with Gasteiger partial charge in [-0.2, -0.15) is 0 Å². The van der Waals surface area contributed by atoms with Crippen LogP contribution in [0.5, 0.6) is 5.75 Å². The van der Waals surface area contributed by atoms with E-state index in [1.165, 1.54) is 0 Å². The number of aromatic hydroxyl groups is 1. The van der Waals surface area contributed by atoms with Gasteiger partial charge in [-0.05, 0) is 41.5 Å². The highest BCUT2D eigenvalue weighted by atomic mass is 16.3. The van der Waals surface area contributed by atoms with Crippen LogP contribution in [-0.4, -0.2) is 16.4 Å². The number of phenolic OH excluding ortho intramolecular Hbond substituents is 1.